The van der Waals surface area contributed by atoms with E-state index in [2.05, 4.69) is 11.9 Å². The Kier molecular flexibility index (Phi) is 6.83. The largest absolute Gasteiger partial charge is 0.414 e. The average molecular weight is 464 g/mol. The molecule has 0 spiro atoms. The fraction of sp³-hybridized carbons (Fsp3) is 0.273. The van der Waals surface area contributed by atoms with Gasteiger partial charge in [-0.05, 0) is 44.5 Å². The monoisotopic (exact) mass is 464 g/mol. The second-order valence-electron chi connectivity index (χ2n) is 7.44. The van der Waals surface area contributed by atoms with Crippen LogP contribution in [0.3, 0.4) is 0 Å². The van der Waals surface area contributed by atoms with Gasteiger partial charge in [0, 0.05) is 18.4 Å². The second kappa shape index (κ2) is 8.90. The summed E-state index contributed by atoms with van der Waals surface area (Å²) in [6, 6.07) is 4.98. The number of nitrogens with zero attached hydrogens (tertiary/aromatic N) is 2. The smallest absolute Gasteiger partial charge is 0.343 e. The topological polar surface area (TPSA) is 104 Å². The number of aromatic nitrogens is 1. The predicted octanol–water partition coefficient (Wildman–Crippen LogP) is 3.71. The number of hydrogen-bond donors (Lipinski definition) is 2. The number of halogens is 4. The first kappa shape index (κ1) is 25.3. The molecule has 0 unspecified atom stereocenters. The second-order valence-corrected chi connectivity index (χ2v) is 7.44. The number of Topliss-reactive ketones (excluding diaryl/α,β-unsaturated/α-hetero) is 1. The van der Waals surface area contributed by atoms with Gasteiger partial charge >= 0.3 is 6.18 Å². The summed E-state index contributed by atoms with van der Waals surface area (Å²) >= 11 is 0. The molecule has 7 nitrogen and oxygen atoms in total. The molecular formula is C22H20F4N4O3. The summed E-state index contributed by atoms with van der Waals surface area (Å²) in [6.07, 6.45) is -4.42. The van der Waals surface area contributed by atoms with Crippen LogP contribution in [0.2, 0.25) is 0 Å². The molecule has 1 heterocycles. The Morgan fingerprint density at radius 3 is 2.33 bits per heavy atom. The Labute approximate surface area is 186 Å². The van der Waals surface area contributed by atoms with Crippen LogP contribution in [-0.4, -0.2) is 33.9 Å². The normalized spacial score (nSPS) is 12.9. The molecule has 174 valence electrons. The summed E-state index contributed by atoms with van der Waals surface area (Å²) in [5.74, 6) is -4.29. The molecule has 2 aromatic rings. The number of carbonyl (C=O) groups excluding carboxylic acids is 3. The fourth-order valence-corrected chi connectivity index (χ4v) is 3.16. The van der Waals surface area contributed by atoms with E-state index in [0.29, 0.717) is 13.0 Å². The third-order valence-electron chi connectivity index (χ3n) is 5.29. The number of nitrogens with one attached hydrogen (secondary N) is 2. The van der Waals surface area contributed by atoms with Crippen molar-refractivity contribution in [3.63, 3.8) is 0 Å². The quantitative estimate of drug-likeness (QED) is 0.294. The molecule has 33 heavy (non-hydrogen) atoms. The molecule has 2 N–H and O–H groups in total. The maximum atomic E-state index is 13.5. The van der Waals surface area contributed by atoms with Crippen molar-refractivity contribution in [3.05, 3.63) is 64.7 Å². The Balaban J connectivity index is 2.40. The molecule has 1 atom stereocenters. The molecule has 0 aliphatic carbocycles. The molecule has 0 aliphatic heterocycles. The lowest BCUT2D eigenvalue weighted by atomic mass is 9.99. The maximum absolute atomic E-state index is 13.5. The summed E-state index contributed by atoms with van der Waals surface area (Å²) in [7, 11) is 1.43. The minimum absolute atomic E-state index is 0.0474. The predicted molar refractivity (Wildman–Crippen MR) is 111 cm³/mol. The van der Waals surface area contributed by atoms with Crippen LogP contribution in [0, 0.1) is 31.0 Å². The minimum Gasteiger partial charge on any atom is -0.343 e. The van der Waals surface area contributed by atoms with Crippen LogP contribution >= 0.6 is 0 Å². The summed E-state index contributed by atoms with van der Waals surface area (Å²) in [4.78, 5) is 37.9. The van der Waals surface area contributed by atoms with Crippen molar-refractivity contribution < 1.29 is 31.9 Å². The zero-order valence-corrected chi connectivity index (χ0v) is 18.1. The number of carbonyl (C=O) groups is 3. The number of benzene rings is 1. The molecule has 0 radical (unpaired) electrons. The molecule has 0 aliphatic rings. The summed E-state index contributed by atoms with van der Waals surface area (Å²) < 4.78 is 54.6. The number of hydrogen-bond acceptors (Lipinski definition) is 4. The lowest BCUT2D eigenvalue weighted by Gasteiger charge is -2.29. The summed E-state index contributed by atoms with van der Waals surface area (Å²) in [6.45, 7) is 6.52. The lowest BCUT2D eigenvalue weighted by molar-refractivity contribution is -0.178. The van der Waals surface area contributed by atoms with Crippen LogP contribution < -0.4 is 10.6 Å². The van der Waals surface area contributed by atoms with Crippen LogP contribution in [0.25, 0.3) is 0 Å². The highest BCUT2D eigenvalue weighted by atomic mass is 19.4. The SMILES string of the molecule is C=C[C@](C)(NC(=O)C(=O)c1c(C)c(C(=O)Nc2ccc(F)c(C#N)c2)n(C)c1C)C(F)(F)F. The minimum atomic E-state index is -4.89. The summed E-state index contributed by atoms with van der Waals surface area (Å²) in [5, 5.41) is 13.0. The van der Waals surface area contributed by atoms with E-state index in [-0.39, 0.29) is 33.8 Å². The van der Waals surface area contributed by atoms with E-state index in [4.69, 9.17) is 5.26 Å². The highest BCUT2D eigenvalue weighted by Crippen LogP contribution is 2.31. The van der Waals surface area contributed by atoms with Crippen LogP contribution in [0.1, 0.15) is 44.6 Å². The van der Waals surface area contributed by atoms with Gasteiger partial charge in [-0.3, -0.25) is 14.4 Å². The third kappa shape index (κ3) is 4.64. The molecule has 2 amide bonds. The highest BCUT2D eigenvalue weighted by molar-refractivity contribution is 6.43. The maximum Gasteiger partial charge on any atom is 0.414 e. The van der Waals surface area contributed by atoms with Gasteiger partial charge in [0.1, 0.15) is 17.6 Å². The van der Waals surface area contributed by atoms with Crippen LogP contribution in [0.5, 0.6) is 0 Å². The molecule has 0 fully saturated rings. The molecule has 1 aromatic heterocycles. The average Bonchev–Trinajstić information content (AvgIpc) is 2.96. The van der Waals surface area contributed by atoms with Gasteiger partial charge in [0.2, 0.25) is 0 Å². The fourth-order valence-electron chi connectivity index (χ4n) is 3.16. The number of amides is 2. The Morgan fingerprint density at radius 2 is 1.82 bits per heavy atom. The van der Waals surface area contributed by atoms with Crippen molar-refractivity contribution in [2.24, 2.45) is 7.05 Å². The van der Waals surface area contributed by atoms with Crippen molar-refractivity contribution in [1.29, 1.82) is 5.26 Å². The number of rotatable bonds is 6. The Morgan fingerprint density at radius 1 is 1.21 bits per heavy atom. The number of anilines is 1. The van der Waals surface area contributed by atoms with Gasteiger partial charge in [0.25, 0.3) is 17.6 Å². The van der Waals surface area contributed by atoms with Gasteiger partial charge < -0.3 is 15.2 Å². The van der Waals surface area contributed by atoms with Gasteiger partial charge in [-0.25, -0.2) is 4.39 Å². The van der Waals surface area contributed by atoms with Gasteiger partial charge in [0.15, 0.2) is 5.54 Å². The van der Waals surface area contributed by atoms with E-state index in [1.807, 2.05) is 0 Å². The molecule has 0 saturated heterocycles. The zero-order valence-electron chi connectivity index (χ0n) is 18.1. The van der Waals surface area contributed by atoms with Crippen LogP contribution in [0.15, 0.2) is 30.9 Å². The molecular weight excluding hydrogens is 444 g/mol. The molecule has 11 heteroatoms. The Bertz CT molecular complexity index is 1210. The van der Waals surface area contributed by atoms with E-state index in [9.17, 15) is 31.9 Å². The van der Waals surface area contributed by atoms with Crippen molar-refractivity contribution >= 4 is 23.3 Å². The van der Waals surface area contributed by atoms with Gasteiger partial charge in [-0.1, -0.05) is 6.08 Å². The van der Waals surface area contributed by atoms with E-state index in [1.54, 1.807) is 11.4 Å². The van der Waals surface area contributed by atoms with Crippen molar-refractivity contribution in [3.8, 4) is 6.07 Å². The van der Waals surface area contributed by atoms with Crippen LogP contribution in [-0.2, 0) is 11.8 Å². The van der Waals surface area contributed by atoms with E-state index in [1.165, 1.54) is 31.5 Å². The highest BCUT2D eigenvalue weighted by Gasteiger charge is 2.51. The van der Waals surface area contributed by atoms with Crippen molar-refractivity contribution in [2.45, 2.75) is 32.5 Å². The van der Waals surface area contributed by atoms with Gasteiger partial charge in [-0.15, -0.1) is 6.58 Å². The van der Waals surface area contributed by atoms with Gasteiger partial charge in [-0.2, -0.15) is 18.4 Å². The first-order valence-corrected chi connectivity index (χ1v) is 9.42. The zero-order chi connectivity index (χ0) is 25.3. The first-order chi connectivity index (χ1) is 15.2. The Hall–Kier alpha value is -3.94. The standard InChI is InChI=1S/C22H20F4N4O3/c1-6-21(4,22(24,25)26)29-20(33)18(31)16-11(2)17(30(5)12(16)3)19(32)28-14-7-8-15(23)13(9-14)10-27/h6-9H,1H2,2-5H3,(H,28,32)(H,29,33)/t21-/m0/s1. The lowest BCUT2D eigenvalue weighted by Crippen LogP contribution is -2.56. The summed E-state index contributed by atoms with van der Waals surface area (Å²) in [5.41, 5.74) is -3.08. The van der Waals surface area contributed by atoms with E-state index >= 15 is 0 Å². The first-order valence-electron chi connectivity index (χ1n) is 9.42. The molecule has 0 bridgehead atoms. The molecule has 2 rings (SSSR count). The number of ketones is 1. The third-order valence-corrected chi connectivity index (χ3v) is 5.29. The van der Waals surface area contributed by atoms with Crippen LogP contribution in [0.4, 0.5) is 23.2 Å². The van der Waals surface area contributed by atoms with E-state index < -0.39 is 35.1 Å². The van der Waals surface area contributed by atoms with E-state index in [0.717, 1.165) is 12.1 Å². The number of nitriles is 1. The van der Waals surface area contributed by atoms with Crippen molar-refractivity contribution in [2.75, 3.05) is 5.32 Å². The molecule has 0 saturated carbocycles. The van der Waals surface area contributed by atoms with Gasteiger partial charge in [0.05, 0.1) is 11.1 Å². The number of alkyl halides is 3. The van der Waals surface area contributed by atoms with Crippen molar-refractivity contribution in [1.82, 2.24) is 9.88 Å². The molecule has 1 aromatic carbocycles.